The number of epoxide rings is 1. The van der Waals surface area contributed by atoms with Gasteiger partial charge in [0.05, 0.1) is 19.5 Å². The summed E-state index contributed by atoms with van der Waals surface area (Å²) in [6.45, 7) is 0.955. The SMILES string of the molecule is CS(=O)(=O)O.OC[C@H]1CO1. The molecule has 0 unspecified atom stereocenters. The van der Waals surface area contributed by atoms with Crippen molar-refractivity contribution < 1.29 is 22.8 Å². The molecule has 0 aromatic carbocycles. The van der Waals surface area contributed by atoms with Crippen molar-refractivity contribution in [1.29, 1.82) is 0 Å². The largest absolute Gasteiger partial charge is 0.394 e. The topological polar surface area (TPSA) is 87.1 Å². The van der Waals surface area contributed by atoms with Gasteiger partial charge in [0.15, 0.2) is 0 Å². The zero-order chi connectivity index (χ0) is 8.20. The van der Waals surface area contributed by atoms with E-state index in [9.17, 15) is 8.42 Å². The number of hydrogen-bond donors (Lipinski definition) is 2. The van der Waals surface area contributed by atoms with Gasteiger partial charge in [0.2, 0.25) is 0 Å². The standard InChI is InChI=1S/C3H6O2.CH4O3S/c4-1-3-2-5-3;1-5(2,3)4/h3-4H,1-2H2;1H3,(H,2,3,4)/t3-;/m0./s1. The molecule has 1 fully saturated rings. The van der Waals surface area contributed by atoms with E-state index in [-0.39, 0.29) is 12.7 Å². The van der Waals surface area contributed by atoms with Crippen LogP contribution in [0.5, 0.6) is 0 Å². The van der Waals surface area contributed by atoms with E-state index < -0.39 is 10.1 Å². The van der Waals surface area contributed by atoms with E-state index in [1.165, 1.54) is 0 Å². The molecule has 0 aromatic heterocycles. The molecule has 6 heteroatoms. The summed E-state index contributed by atoms with van der Waals surface area (Å²) in [5.41, 5.74) is 0. The fourth-order valence-electron chi connectivity index (χ4n) is 0.173. The Morgan fingerprint density at radius 3 is 2.00 bits per heavy atom. The fourth-order valence-corrected chi connectivity index (χ4v) is 0.173. The summed E-state index contributed by atoms with van der Waals surface area (Å²) in [7, 11) is -3.67. The van der Waals surface area contributed by atoms with Crippen LogP contribution >= 0.6 is 0 Å². The van der Waals surface area contributed by atoms with Crippen molar-refractivity contribution in [3.05, 3.63) is 0 Å². The predicted octanol–water partition coefficient (Wildman–Crippen LogP) is -1.12. The maximum absolute atomic E-state index is 9.19. The Kier molecular flexibility index (Phi) is 3.80. The van der Waals surface area contributed by atoms with Crippen LogP contribution in [-0.4, -0.2) is 43.7 Å². The van der Waals surface area contributed by atoms with E-state index in [1.807, 2.05) is 0 Å². The number of ether oxygens (including phenoxy) is 1. The van der Waals surface area contributed by atoms with Crippen LogP contribution in [0.1, 0.15) is 0 Å². The Morgan fingerprint density at radius 2 is 2.00 bits per heavy atom. The minimum Gasteiger partial charge on any atom is -0.394 e. The lowest BCUT2D eigenvalue weighted by Gasteiger charge is -1.70. The molecule has 10 heavy (non-hydrogen) atoms. The Labute approximate surface area is 59.4 Å². The van der Waals surface area contributed by atoms with E-state index in [1.54, 1.807) is 0 Å². The highest BCUT2D eigenvalue weighted by Gasteiger charge is 2.19. The molecule has 0 amide bonds. The van der Waals surface area contributed by atoms with Gasteiger partial charge < -0.3 is 9.84 Å². The Bertz CT molecular complexity index is 160. The van der Waals surface area contributed by atoms with E-state index in [4.69, 9.17) is 9.66 Å². The van der Waals surface area contributed by atoms with Crippen LogP contribution < -0.4 is 0 Å². The molecule has 1 aliphatic heterocycles. The van der Waals surface area contributed by atoms with Gasteiger partial charge in [-0.05, 0) is 0 Å². The van der Waals surface area contributed by atoms with Gasteiger partial charge >= 0.3 is 0 Å². The molecule has 1 saturated heterocycles. The van der Waals surface area contributed by atoms with Gasteiger partial charge in [-0.15, -0.1) is 0 Å². The lowest BCUT2D eigenvalue weighted by Crippen LogP contribution is -1.88. The molecule has 0 radical (unpaired) electrons. The molecular weight excluding hydrogens is 160 g/mol. The molecule has 1 aliphatic rings. The van der Waals surface area contributed by atoms with Crippen LogP contribution in [0.25, 0.3) is 0 Å². The monoisotopic (exact) mass is 170 g/mol. The lowest BCUT2D eigenvalue weighted by atomic mass is 10.5. The molecule has 1 rings (SSSR count). The lowest BCUT2D eigenvalue weighted by molar-refractivity contribution is 0.244. The van der Waals surface area contributed by atoms with Crippen LogP contribution in [0.15, 0.2) is 0 Å². The third-order valence-electron chi connectivity index (χ3n) is 0.606. The number of aliphatic hydroxyl groups is 1. The summed E-state index contributed by atoms with van der Waals surface area (Å²) >= 11 is 0. The minimum atomic E-state index is -3.67. The van der Waals surface area contributed by atoms with Crippen LogP contribution in [0, 0.1) is 0 Å². The van der Waals surface area contributed by atoms with Crippen molar-refractivity contribution in [1.82, 2.24) is 0 Å². The van der Waals surface area contributed by atoms with Crippen molar-refractivity contribution in [2.45, 2.75) is 6.10 Å². The van der Waals surface area contributed by atoms with Crippen molar-refractivity contribution in [2.75, 3.05) is 19.5 Å². The average molecular weight is 170 g/mol. The number of aliphatic hydroxyl groups excluding tert-OH is 1. The molecule has 2 N–H and O–H groups in total. The second kappa shape index (κ2) is 3.87. The summed E-state index contributed by atoms with van der Waals surface area (Å²) in [6, 6.07) is 0. The van der Waals surface area contributed by atoms with E-state index >= 15 is 0 Å². The highest BCUT2D eigenvalue weighted by molar-refractivity contribution is 7.85. The first-order chi connectivity index (χ1) is 4.43. The first-order valence-corrected chi connectivity index (χ1v) is 4.43. The summed E-state index contributed by atoms with van der Waals surface area (Å²) in [4.78, 5) is 0. The molecule has 1 heterocycles. The van der Waals surface area contributed by atoms with Gasteiger partial charge in [0.1, 0.15) is 6.10 Å². The van der Waals surface area contributed by atoms with Gasteiger partial charge in [-0.1, -0.05) is 0 Å². The van der Waals surface area contributed by atoms with Gasteiger partial charge in [0.25, 0.3) is 10.1 Å². The summed E-state index contributed by atoms with van der Waals surface area (Å²) in [5.74, 6) is 0. The second-order valence-electron chi connectivity index (χ2n) is 1.87. The molecule has 0 saturated carbocycles. The molecule has 0 aliphatic carbocycles. The quantitative estimate of drug-likeness (QED) is 0.384. The van der Waals surface area contributed by atoms with E-state index in [2.05, 4.69) is 4.74 Å². The third kappa shape index (κ3) is 15.7. The molecule has 0 aromatic rings. The molecule has 62 valence electrons. The van der Waals surface area contributed by atoms with Crippen molar-refractivity contribution in [2.24, 2.45) is 0 Å². The Balaban J connectivity index is 0.000000162. The normalized spacial score (nSPS) is 22.9. The van der Waals surface area contributed by atoms with Crippen LogP contribution in [-0.2, 0) is 14.9 Å². The van der Waals surface area contributed by atoms with Gasteiger partial charge in [-0.3, -0.25) is 4.55 Å². The number of hydrogen-bond acceptors (Lipinski definition) is 4. The summed E-state index contributed by atoms with van der Waals surface area (Å²) < 4.78 is 30.5. The molecule has 0 spiro atoms. The van der Waals surface area contributed by atoms with Crippen LogP contribution in [0.2, 0.25) is 0 Å². The zero-order valence-electron chi connectivity index (χ0n) is 5.52. The highest BCUT2D eigenvalue weighted by atomic mass is 32.2. The molecular formula is C4H10O5S. The van der Waals surface area contributed by atoms with E-state index in [0.29, 0.717) is 6.26 Å². The van der Waals surface area contributed by atoms with Crippen LogP contribution in [0.4, 0.5) is 0 Å². The first-order valence-electron chi connectivity index (χ1n) is 2.58. The maximum atomic E-state index is 9.19. The van der Waals surface area contributed by atoms with Crippen molar-refractivity contribution >= 4 is 10.1 Å². The third-order valence-corrected chi connectivity index (χ3v) is 0.606. The van der Waals surface area contributed by atoms with Gasteiger partial charge in [-0.2, -0.15) is 8.42 Å². The maximum Gasteiger partial charge on any atom is 0.261 e. The van der Waals surface area contributed by atoms with E-state index in [0.717, 1.165) is 6.61 Å². The van der Waals surface area contributed by atoms with Crippen molar-refractivity contribution in [3.63, 3.8) is 0 Å². The smallest absolute Gasteiger partial charge is 0.261 e. The average Bonchev–Trinajstić information content (AvgIpc) is 2.39. The van der Waals surface area contributed by atoms with Crippen LogP contribution in [0.3, 0.4) is 0 Å². The fraction of sp³-hybridized carbons (Fsp3) is 1.00. The van der Waals surface area contributed by atoms with Gasteiger partial charge in [0, 0.05) is 0 Å². The Hall–Kier alpha value is -0.170. The van der Waals surface area contributed by atoms with Crippen molar-refractivity contribution in [3.8, 4) is 0 Å². The molecule has 1 atom stereocenters. The summed E-state index contributed by atoms with van der Waals surface area (Å²) in [5, 5.41) is 8.08. The molecule has 5 nitrogen and oxygen atoms in total. The Morgan fingerprint density at radius 1 is 1.70 bits per heavy atom. The molecule has 0 bridgehead atoms. The van der Waals surface area contributed by atoms with Gasteiger partial charge in [-0.25, -0.2) is 0 Å². The zero-order valence-corrected chi connectivity index (χ0v) is 6.34. The minimum absolute atomic E-state index is 0.190. The number of rotatable bonds is 1. The predicted molar refractivity (Wildman–Crippen MR) is 34.3 cm³/mol. The summed E-state index contributed by atoms with van der Waals surface area (Å²) in [6.07, 6.45) is 0.905. The first kappa shape index (κ1) is 9.83. The highest BCUT2D eigenvalue weighted by Crippen LogP contribution is 2.04. The second-order valence-corrected chi connectivity index (χ2v) is 3.34.